The predicted molar refractivity (Wildman–Crippen MR) is 270 cm³/mol. The van der Waals surface area contributed by atoms with E-state index < -0.39 is 51.8 Å². The molecule has 3 atom stereocenters. The molecule has 0 aliphatic carbocycles. The number of hydrogen-bond donors (Lipinski definition) is 3. The summed E-state index contributed by atoms with van der Waals surface area (Å²) in [5.41, 5.74) is 0. The molecule has 65 heavy (non-hydrogen) atoms. The number of hydrogen-bond acceptors (Lipinski definition) is 9. The molecule has 0 aromatic heterocycles. The zero-order chi connectivity index (χ0) is 47.6. The van der Waals surface area contributed by atoms with E-state index in [-0.39, 0.29) is 19.4 Å². The van der Waals surface area contributed by atoms with Crippen molar-refractivity contribution in [3.63, 3.8) is 0 Å². The van der Waals surface area contributed by atoms with Crippen LogP contribution in [0.4, 0.5) is 0 Å². The van der Waals surface area contributed by atoms with Gasteiger partial charge in [-0.2, -0.15) is 0 Å². The van der Waals surface area contributed by atoms with Gasteiger partial charge >= 0.3 is 19.8 Å². The molecule has 0 aromatic rings. The summed E-state index contributed by atoms with van der Waals surface area (Å²) in [6.07, 6.45) is 56.4. The zero-order valence-corrected chi connectivity index (χ0v) is 42.6. The molecule has 11 heteroatoms. The van der Waals surface area contributed by atoms with Crippen LogP contribution in [-0.2, 0) is 32.7 Å². The highest BCUT2D eigenvalue weighted by molar-refractivity contribution is 7.47. The Kier molecular flexibility index (Phi) is 48.2. The van der Waals surface area contributed by atoms with E-state index in [9.17, 15) is 24.2 Å². The van der Waals surface area contributed by atoms with Crippen molar-refractivity contribution in [1.29, 1.82) is 0 Å². The molecule has 0 amide bonds. The van der Waals surface area contributed by atoms with Crippen molar-refractivity contribution in [2.24, 2.45) is 0 Å². The van der Waals surface area contributed by atoms with Gasteiger partial charge in [-0.25, -0.2) is 4.57 Å². The predicted octanol–water partition coefficient (Wildman–Crippen LogP) is 15.2. The van der Waals surface area contributed by atoms with Crippen molar-refractivity contribution in [2.45, 2.75) is 257 Å². The van der Waals surface area contributed by atoms with E-state index in [1.807, 2.05) is 0 Å². The minimum Gasteiger partial charge on any atom is -0.462 e. The number of allylic oxidation sites excluding steroid dienone is 8. The van der Waals surface area contributed by atoms with E-state index in [1.54, 1.807) is 0 Å². The van der Waals surface area contributed by atoms with Gasteiger partial charge in [0.05, 0.1) is 19.8 Å². The molecule has 380 valence electrons. The van der Waals surface area contributed by atoms with Crippen LogP contribution in [0.3, 0.4) is 0 Å². The number of phosphoric ester groups is 1. The third-order valence-electron chi connectivity index (χ3n) is 11.5. The highest BCUT2D eigenvalue weighted by Crippen LogP contribution is 2.43. The minimum absolute atomic E-state index is 0.181. The molecule has 0 aliphatic rings. The second-order valence-corrected chi connectivity index (χ2v) is 19.3. The van der Waals surface area contributed by atoms with Crippen molar-refractivity contribution < 1.29 is 47.8 Å². The standard InChI is InChI=1S/C54H99O10P/c1-3-5-7-9-11-13-15-17-19-21-23-24-25-26-28-30-32-34-36-38-40-42-44-46-54(58)64-52(50-63-65(59,60)62-48-51(56)47-55)49-61-53(57)45-43-41-39-37-35-33-31-29-27-22-20-18-16-14-12-10-8-6-4-2/h12,14-15,17-18,20-21,23,51-52,55-56H,3-11,13,16,19,22,24-50H2,1-2H3,(H,59,60)/b14-12-,17-15-,20-18-,23-21-. The fourth-order valence-corrected chi connectivity index (χ4v) is 8.14. The van der Waals surface area contributed by atoms with Crippen molar-refractivity contribution in [1.82, 2.24) is 0 Å². The van der Waals surface area contributed by atoms with Gasteiger partial charge in [0.25, 0.3) is 0 Å². The first-order chi connectivity index (χ1) is 31.7. The molecular formula is C54H99O10P. The fraction of sp³-hybridized carbons (Fsp3) is 0.815. The minimum atomic E-state index is -4.63. The molecular weight excluding hydrogens is 840 g/mol. The summed E-state index contributed by atoms with van der Waals surface area (Å²) in [5, 5.41) is 18.4. The highest BCUT2D eigenvalue weighted by atomic mass is 31.2. The van der Waals surface area contributed by atoms with E-state index in [0.29, 0.717) is 12.8 Å². The van der Waals surface area contributed by atoms with Gasteiger partial charge in [-0.15, -0.1) is 0 Å². The van der Waals surface area contributed by atoms with Crippen LogP contribution in [-0.4, -0.2) is 65.7 Å². The van der Waals surface area contributed by atoms with Gasteiger partial charge in [0, 0.05) is 12.8 Å². The number of aliphatic hydroxyl groups is 2. The topological polar surface area (TPSA) is 149 Å². The lowest BCUT2D eigenvalue weighted by Gasteiger charge is -2.20. The summed E-state index contributed by atoms with van der Waals surface area (Å²) in [6, 6.07) is 0. The first kappa shape index (κ1) is 62.9. The molecule has 3 N–H and O–H groups in total. The first-order valence-electron chi connectivity index (χ1n) is 26.6. The van der Waals surface area contributed by atoms with Crippen molar-refractivity contribution in [2.75, 3.05) is 26.4 Å². The second kappa shape index (κ2) is 49.8. The number of aliphatic hydroxyl groups excluding tert-OH is 2. The van der Waals surface area contributed by atoms with Crippen LogP contribution in [0.1, 0.15) is 245 Å². The summed E-state index contributed by atoms with van der Waals surface area (Å²) in [7, 11) is -4.63. The molecule has 10 nitrogen and oxygen atoms in total. The van der Waals surface area contributed by atoms with Gasteiger partial charge in [-0.05, 0) is 77.0 Å². The molecule has 0 aliphatic heterocycles. The molecule has 0 heterocycles. The quantitative estimate of drug-likeness (QED) is 0.0233. The lowest BCUT2D eigenvalue weighted by atomic mass is 10.0. The van der Waals surface area contributed by atoms with Crippen molar-refractivity contribution in [3.8, 4) is 0 Å². The first-order valence-corrected chi connectivity index (χ1v) is 28.1. The smallest absolute Gasteiger partial charge is 0.462 e. The summed E-state index contributed by atoms with van der Waals surface area (Å²) >= 11 is 0. The molecule has 0 fully saturated rings. The van der Waals surface area contributed by atoms with Crippen molar-refractivity contribution >= 4 is 19.8 Å². The van der Waals surface area contributed by atoms with Crippen LogP contribution >= 0.6 is 7.82 Å². The van der Waals surface area contributed by atoms with Crippen LogP contribution in [0.25, 0.3) is 0 Å². The number of carbonyl (C=O) groups is 2. The Bertz CT molecular complexity index is 1220. The van der Waals surface area contributed by atoms with Crippen LogP contribution in [0.15, 0.2) is 48.6 Å². The van der Waals surface area contributed by atoms with Crippen LogP contribution in [0, 0.1) is 0 Å². The number of ether oxygens (including phenoxy) is 2. The Morgan fingerprint density at radius 3 is 1.22 bits per heavy atom. The average molecular weight is 939 g/mol. The largest absolute Gasteiger partial charge is 0.472 e. The van der Waals surface area contributed by atoms with Crippen LogP contribution in [0.5, 0.6) is 0 Å². The SMILES string of the molecule is CCCCC/C=C\C/C=C\CCCCCCCCCCCC(=O)OCC(COP(=O)(O)OCC(O)CO)OC(=O)CCCCCCCCCCCCC/C=C\C/C=C\CCCCCCC. The van der Waals surface area contributed by atoms with Gasteiger partial charge in [0.15, 0.2) is 6.10 Å². The van der Waals surface area contributed by atoms with E-state index in [1.165, 1.54) is 148 Å². The monoisotopic (exact) mass is 939 g/mol. The average Bonchev–Trinajstić information content (AvgIpc) is 3.30. The van der Waals surface area contributed by atoms with Gasteiger partial charge in [0.1, 0.15) is 12.7 Å². The maximum absolute atomic E-state index is 12.7. The van der Waals surface area contributed by atoms with Gasteiger partial charge < -0.3 is 24.6 Å². The van der Waals surface area contributed by atoms with Gasteiger partial charge in [-0.3, -0.25) is 18.6 Å². The summed E-state index contributed by atoms with van der Waals surface area (Å²) in [6.45, 7) is 2.37. The normalized spacial score (nSPS) is 14.0. The highest BCUT2D eigenvalue weighted by Gasteiger charge is 2.27. The Morgan fingerprint density at radius 2 is 0.800 bits per heavy atom. The third kappa shape index (κ3) is 49.7. The van der Waals surface area contributed by atoms with Crippen molar-refractivity contribution in [3.05, 3.63) is 48.6 Å². The number of unbranched alkanes of at least 4 members (excludes halogenated alkanes) is 28. The zero-order valence-electron chi connectivity index (χ0n) is 41.7. The molecule has 0 rings (SSSR count). The van der Waals surface area contributed by atoms with Crippen LogP contribution < -0.4 is 0 Å². The Balaban J connectivity index is 4.16. The van der Waals surface area contributed by atoms with E-state index in [0.717, 1.165) is 57.8 Å². The molecule has 0 radical (unpaired) electrons. The number of carbonyl (C=O) groups excluding carboxylic acids is 2. The molecule has 3 unspecified atom stereocenters. The maximum atomic E-state index is 12.7. The molecule has 0 aromatic carbocycles. The van der Waals surface area contributed by atoms with Gasteiger partial charge in [0.2, 0.25) is 0 Å². The Labute approximate surface area is 398 Å². The van der Waals surface area contributed by atoms with Crippen LogP contribution in [0.2, 0.25) is 0 Å². The lowest BCUT2D eigenvalue weighted by molar-refractivity contribution is -0.161. The van der Waals surface area contributed by atoms with Gasteiger partial charge in [-0.1, -0.05) is 204 Å². The number of phosphoric acid groups is 1. The number of rotatable bonds is 50. The maximum Gasteiger partial charge on any atom is 0.472 e. The fourth-order valence-electron chi connectivity index (χ4n) is 7.35. The molecule has 0 bridgehead atoms. The third-order valence-corrected chi connectivity index (χ3v) is 12.4. The van der Waals surface area contributed by atoms with E-state index in [2.05, 4.69) is 62.5 Å². The second-order valence-electron chi connectivity index (χ2n) is 17.9. The summed E-state index contributed by atoms with van der Waals surface area (Å²) < 4.78 is 32.9. The Hall–Kier alpha value is -2.07. The summed E-state index contributed by atoms with van der Waals surface area (Å²) in [4.78, 5) is 35.2. The summed E-state index contributed by atoms with van der Waals surface area (Å²) in [5.74, 6) is -0.925. The molecule has 0 saturated heterocycles. The molecule has 0 saturated carbocycles. The Morgan fingerprint density at radius 1 is 0.462 bits per heavy atom. The number of esters is 2. The lowest BCUT2D eigenvalue weighted by Crippen LogP contribution is -2.29. The molecule has 0 spiro atoms. The van der Waals surface area contributed by atoms with E-state index in [4.69, 9.17) is 23.6 Å². The van der Waals surface area contributed by atoms with E-state index >= 15 is 0 Å².